The molecular weight excluding hydrogens is 282 g/mol. The molecule has 22 heavy (non-hydrogen) atoms. The van der Waals surface area contributed by atoms with Gasteiger partial charge in [-0.1, -0.05) is 24.3 Å². The van der Waals surface area contributed by atoms with E-state index in [0.29, 0.717) is 11.4 Å². The number of aliphatic carboxylic acids is 1. The first-order valence-corrected chi connectivity index (χ1v) is 7.34. The number of methoxy groups -OCH3 is 1. The predicted octanol–water partition coefficient (Wildman–Crippen LogP) is 2.55. The van der Waals surface area contributed by atoms with Gasteiger partial charge in [0, 0.05) is 0 Å². The monoisotopic (exact) mass is 301 g/mol. The van der Waals surface area contributed by atoms with Crippen LogP contribution in [0.5, 0.6) is 5.75 Å². The first kappa shape index (κ1) is 14.6. The number of carbonyl (C=O) groups is 2. The van der Waals surface area contributed by atoms with E-state index < -0.39 is 17.3 Å². The number of ether oxygens (including phenoxy) is 1. The number of anilines is 1. The number of rotatable bonds is 4. The van der Waals surface area contributed by atoms with Crippen LogP contribution in [0.4, 0.5) is 5.69 Å². The molecular formula is C17H19NO4. The summed E-state index contributed by atoms with van der Waals surface area (Å²) in [5.41, 5.74) is -0.486. The molecule has 1 fully saturated rings. The van der Waals surface area contributed by atoms with Gasteiger partial charge in [0.15, 0.2) is 0 Å². The lowest BCUT2D eigenvalue weighted by atomic mass is 9.69. The molecule has 5 nitrogen and oxygen atoms in total. The highest BCUT2D eigenvalue weighted by atomic mass is 16.5. The number of carboxylic acid groups (broad SMARTS) is 1. The number of carbonyl (C=O) groups excluding carboxylic acids is 1. The van der Waals surface area contributed by atoms with Crippen LogP contribution in [0.15, 0.2) is 36.4 Å². The molecule has 0 aromatic heterocycles. The molecule has 1 amide bonds. The number of para-hydroxylation sites is 2. The summed E-state index contributed by atoms with van der Waals surface area (Å²) in [7, 11) is 1.53. The van der Waals surface area contributed by atoms with Crippen LogP contribution in [0, 0.1) is 23.2 Å². The van der Waals surface area contributed by atoms with E-state index in [-0.39, 0.29) is 17.7 Å². The third kappa shape index (κ3) is 2.00. The molecule has 0 aliphatic heterocycles. The number of benzene rings is 1. The summed E-state index contributed by atoms with van der Waals surface area (Å²) >= 11 is 0. The lowest BCUT2D eigenvalue weighted by molar-refractivity contribution is -0.155. The minimum atomic E-state index is -1.05. The number of hydrogen-bond acceptors (Lipinski definition) is 3. The van der Waals surface area contributed by atoms with E-state index in [1.54, 1.807) is 25.1 Å². The smallest absolute Gasteiger partial charge is 0.310 e. The fourth-order valence-corrected chi connectivity index (χ4v) is 3.81. The number of allylic oxidation sites excluding steroid dienone is 2. The second kappa shape index (κ2) is 5.16. The van der Waals surface area contributed by atoms with Gasteiger partial charge < -0.3 is 15.2 Å². The zero-order chi connectivity index (χ0) is 15.9. The predicted molar refractivity (Wildman–Crippen MR) is 81.6 cm³/mol. The summed E-state index contributed by atoms with van der Waals surface area (Å²) in [6, 6.07) is 7.12. The number of nitrogens with one attached hydrogen (secondary N) is 1. The molecule has 4 atom stereocenters. The van der Waals surface area contributed by atoms with Gasteiger partial charge in [-0.2, -0.15) is 0 Å². The summed E-state index contributed by atoms with van der Waals surface area (Å²) in [4.78, 5) is 24.5. The van der Waals surface area contributed by atoms with Crippen molar-refractivity contribution < 1.29 is 19.4 Å². The highest BCUT2D eigenvalue weighted by Crippen LogP contribution is 2.56. The van der Waals surface area contributed by atoms with E-state index in [2.05, 4.69) is 5.32 Å². The maximum atomic E-state index is 12.7. The number of hydrogen-bond donors (Lipinski definition) is 2. The van der Waals surface area contributed by atoms with Crippen molar-refractivity contribution in [1.29, 1.82) is 0 Å². The van der Waals surface area contributed by atoms with Crippen LogP contribution < -0.4 is 10.1 Å². The third-order valence-electron chi connectivity index (χ3n) is 5.07. The van der Waals surface area contributed by atoms with E-state index >= 15 is 0 Å². The summed E-state index contributed by atoms with van der Waals surface area (Å²) in [6.07, 6.45) is 4.64. The van der Waals surface area contributed by atoms with E-state index in [4.69, 9.17) is 4.74 Å². The zero-order valence-corrected chi connectivity index (χ0v) is 12.6. The SMILES string of the molecule is COc1ccccc1NC(=O)[C@H]1[C@H]2C=C[C@@H](C2)[C@]1(C)C(=O)O. The molecule has 2 bridgehead atoms. The van der Waals surface area contributed by atoms with Gasteiger partial charge >= 0.3 is 5.97 Å². The standard InChI is InChI=1S/C17H19NO4/c1-17(16(20)21)11-8-7-10(9-11)14(17)15(19)18-12-5-3-4-6-13(12)22-2/h3-8,10-11,14H,9H2,1-2H3,(H,18,19)(H,20,21)/t10-,11-,14+,17-/m0/s1. The van der Waals surface area contributed by atoms with Gasteiger partial charge in [-0.05, 0) is 37.3 Å². The number of carboxylic acids is 1. The van der Waals surface area contributed by atoms with E-state index in [1.807, 2.05) is 18.2 Å². The van der Waals surface area contributed by atoms with Crippen molar-refractivity contribution in [1.82, 2.24) is 0 Å². The molecule has 0 radical (unpaired) electrons. The van der Waals surface area contributed by atoms with Gasteiger partial charge in [-0.15, -0.1) is 0 Å². The van der Waals surface area contributed by atoms with Gasteiger partial charge in [-0.3, -0.25) is 9.59 Å². The van der Waals surface area contributed by atoms with Crippen LogP contribution in [0.1, 0.15) is 13.3 Å². The minimum Gasteiger partial charge on any atom is -0.495 e. The minimum absolute atomic E-state index is 0.0131. The molecule has 0 spiro atoms. The number of amides is 1. The fraction of sp³-hybridized carbons (Fsp3) is 0.412. The van der Waals surface area contributed by atoms with Crippen molar-refractivity contribution in [2.45, 2.75) is 13.3 Å². The van der Waals surface area contributed by atoms with E-state index in [0.717, 1.165) is 6.42 Å². The molecule has 0 heterocycles. The molecule has 1 aromatic rings. The van der Waals surface area contributed by atoms with Gasteiger partial charge in [-0.25, -0.2) is 0 Å². The Balaban J connectivity index is 1.89. The molecule has 3 rings (SSSR count). The lowest BCUT2D eigenvalue weighted by Crippen LogP contribution is -2.45. The van der Waals surface area contributed by atoms with Crippen molar-refractivity contribution in [2.24, 2.45) is 23.2 Å². The Morgan fingerprint density at radius 2 is 2.05 bits per heavy atom. The van der Waals surface area contributed by atoms with Crippen molar-refractivity contribution in [2.75, 3.05) is 12.4 Å². The van der Waals surface area contributed by atoms with Gasteiger partial charge in [0.25, 0.3) is 0 Å². The molecule has 0 saturated heterocycles. The highest BCUT2D eigenvalue weighted by Gasteiger charge is 2.60. The Morgan fingerprint density at radius 1 is 1.32 bits per heavy atom. The molecule has 1 aromatic carbocycles. The lowest BCUT2D eigenvalue weighted by Gasteiger charge is -2.33. The molecule has 2 aliphatic rings. The van der Waals surface area contributed by atoms with Crippen molar-refractivity contribution in [3.8, 4) is 5.75 Å². The molecule has 5 heteroatoms. The molecule has 1 saturated carbocycles. The van der Waals surface area contributed by atoms with Crippen LogP contribution in [-0.4, -0.2) is 24.1 Å². The molecule has 116 valence electrons. The third-order valence-corrected chi connectivity index (χ3v) is 5.07. The van der Waals surface area contributed by atoms with Gasteiger partial charge in [0.2, 0.25) is 5.91 Å². The molecule has 2 N–H and O–H groups in total. The largest absolute Gasteiger partial charge is 0.495 e. The summed E-state index contributed by atoms with van der Waals surface area (Å²) < 4.78 is 5.23. The molecule has 0 unspecified atom stereocenters. The summed E-state index contributed by atoms with van der Waals surface area (Å²) in [5, 5.41) is 12.5. The number of fused-ring (bicyclic) bond motifs is 2. The fourth-order valence-electron chi connectivity index (χ4n) is 3.81. The molecule has 2 aliphatic carbocycles. The quantitative estimate of drug-likeness (QED) is 0.838. The normalized spacial score (nSPS) is 32.0. The Bertz CT molecular complexity index is 654. The maximum Gasteiger partial charge on any atom is 0.310 e. The Morgan fingerprint density at radius 3 is 2.73 bits per heavy atom. The van der Waals surface area contributed by atoms with E-state index in [9.17, 15) is 14.7 Å². The van der Waals surface area contributed by atoms with Crippen molar-refractivity contribution in [3.05, 3.63) is 36.4 Å². The second-order valence-corrected chi connectivity index (χ2v) is 6.15. The Labute approximate surface area is 129 Å². The van der Waals surface area contributed by atoms with Crippen LogP contribution in [-0.2, 0) is 9.59 Å². The average Bonchev–Trinajstić information content (AvgIpc) is 3.07. The zero-order valence-electron chi connectivity index (χ0n) is 12.6. The summed E-state index contributed by atoms with van der Waals surface area (Å²) in [5.74, 6) is -1.27. The Kier molecular flexibility index (Phi) is 3.43. The first-order valence-electron chi connectivity index (χ1n) is 7.34. The van der Waals surface area contributed by atoms with Crippen molar-refractivity contribution >= 4 is 17.6 Å². The van der Waals surface area contributed by atoms with Crippen LogP contribution in [0.2, 0.25) is 0 Å². The average molecular weight is 301 g/mol. The topological polar surface area (TPSA) is 75.6 Å². The second-order valence-electron chi connectivity index (χ2n) is 6.15. The van der Waals surface area contributed by atoms with E-state index in [1.165, 1.54) is 7.11 Å². The van der Waals surface area contributed by atoms with Gasteiger partial charge in [0.05, 0.1) is 24.1 Å². The highest BCUT2D eigenvalue weighted by molar-refractivity contribution is 5.98. The van der Waals surface area contributed by atoms with Crippen molar-refractivity contribution in [3.63, 3.8) is 0 Å². The van der Waals surface area contributed by atoms with Crippen LogP contribution in [0.3, 0.4) is 0 Å². The first-order chi connectivity index (χ1) is 10.5. The van der Waals surface area contributed by atoms with Gasteiger partial charge in [0.1, 0.15) is 5.75 Å². The van der Waals surface area contributed by atoms with Crippen LogP contribution >= 0.6 is 0 Å². The maximum absolute atomic E-state index is 12.7. The summed E-state index contributed by atoms with van der Waals surface area (Å²) in [6.45, 7) is 1.68. The van der Waals surface area contributed by atoms with Crippen LogP contribution in [0.25, 0.3) is 0 Å². The Hall–Kier alpha value is -2.30.